The Balaban J connectivity index is 1.12. The Morgan fingerprint density at radius 3 is 2.07 bits per heavy atom. The Labute approximate surface area is 318 Å². The molecule has 0 aliphatic carbocycles. The summed E-state index contributed by atoms with van der Waals surface area (Å²) in [6, 6.07) is 19.8. The van der Waals surface area contributed by atoms with Crippen LogP contribution in [0.4, 0.5) is 4.79 Å². The summed E-state index contributed by atoms with van der Waals surface area (Å²) >= 11 is 0. The third kappa shape index (κ3) is 8.57. The highest BCUT2D eigenvalue weighted by Gasteiger charge is 2.44. The number of benzene rings is 2. The van der Waals surface area contributed by atoms with Crippen molar-refractivity contribution < 1.29 is 33.3 Å². The van der Waals surface area contributed by atoms with Crippen LogP contribution in [0.5, 0.6) is 17.2 Å². The van der Waals surface area contributed by atoms with Crippen LogP contribution >= 0.6 is 0 Å². The molecular formula is C41H54N6O7. The maximum absolute atomic E-state index is 14.0. The van der Waals surface area contributed by atoms with E-state index in [4.69, 9.17) is 23.9 Å². The summed E-state index contributed by atoms with van der Waals surface area (Å²) < 4.78 is 21.7. The van der Waals surface area contributed by atoms with Gasteiger partial charge in [-0.05, 0) is 69.0 Å². The molecule has 3 saturated heterocycles. The van der Waals surface area contributed by atoms with Crippen molar-refractivity contribution in [2.45, 2.75) is 43.6 Å². The van der Waals surface area contributed by atoms with Crippen molar-refractivity contribution in [3.8, 4) is 17.2 Å². The molecule has 1 atom stereocenters. The van der Waals surface area contributed by atoms with Crippen LogP contribution in [0, 0.1) is 0 Å². The number of carbonyl (C=O) groups is 3. The number of piperidine rings is 1. The quantitative estimate of drug-likeness (QED) is 0.255. The zero-order valence-corrected chi connectivity index (χ0v) is 32.1. The van der Waals surface area contributed by atoms with Gasteiger partial charge in [0.2, 0.25) is 5.75 Å². The van der Waals surface area contributed by atoms with Gasteiger partial charge in [-0.2, -0.15) is 0 Å². The van der Waals surface area contributed by atoms with Gasteiger partial charge >= 0.3 is 12.0 Å². The van der Waals surface area contributed by atoms with Gasteiger partial charge in [0.15, 0.2) is 11.5 Å². The zero-order chi connectivity index (χ0) is 38.1. The first-order chi connectivity index (χ1) is 26.2. The summed E-state index contributed by atoms with van der Waals surface area (Å²) in [5.74, 6) is 1.05. The van der Waals surface area contributed by atoms with Gasteiger partial charge in [0.25, 0.3) is 5.91 Å². The second kappa shape index (κ2) is 17.5. The van der Waals surface area contributed by atoms with Crippen LogP contribution in [0.1, 0.15) is 54.2 Å². The van der Waals surface area contributed by atoms with Gasteiger partial charge < -0.3 is 39.0 Å². The number of nitrogens with one attached hydrogen (secondary N) is 1. The van der Waals surface area contributed by atoms with Crippen LogP contribution in [-0.2, 0) is 20.5 Å². The van der Waals surface area contributed by atoms with Gasteiger partial charge in [-0.15, -0.1) is 0 Å². The lowest BCUT2D eigenvalue weighted by molar-refractivity contribution is -0.144. The third-order valence-corrected chi connectivity index (χ3v) is 11.4. The van der Waals surface area contributed by atoms with Crippen LogP contribution in [0.2, 0.25) is 0 Å². The predicted molar refractivity (Wildman–Crippen MR) is 204 cm³/mol. The number of esters is 1. The molecule has 1 aromatic heterocycles. The highest BCUT2D eigenvalue weighted by atomic mass is 16.5. The molecule has 3 aliphatic heterocycles. The maximum atomic E-state index is 14.0. The van der Waals surface area contributed by atoms with E-state index in [1.807, 2.05) is 39.0 Å². The van der Waals surface area contributed by atoms with Crippen molar-refractivity contribution in [3.63, 3.8) is 0 Å². The highest BCUT2D eigenvalue weighted by Crippen LogP contribution is 2.42. The predicted octanol–water partition coefficient (Wildman–Crippen LogP) is 4.16. The smallest absolute Gasteiger partial charge is 0.320 e. The lowest BCUT2D eigenvalue weighted by Gasteiger charge is -2.44. The van der Waals surface area contributed by atoms with E-state index in [2.05, 4.69) is 34.5 Å². The fourth-order valence-corrected chi connectivity index (χ4v) is 8.21. The molecule has 13 heteroatoms. The van der Waals surface area contributed by atoms with Crippen molar-refractivity contribution in [3.05, 3.63) is 83.7 Å². The first-order valence-corrected chi connectivity index (χ1v) is 19.0. The Hall–Kier alpha value is -4.88. The van der Waals surface area contributed by atoms with Gasteiger partial charge in [-0.25, -0.2) is 4.79 Å². The number of likely N-dealkylation sites (tertiary alicyclic amines) is 2. The van der Waals surface area contributed by atoms with E-state index in [-0.39, 0.29) is 29.9 Å². The number of pyridine rings is 1. The second-order valence-electron chi connectivity index (χ2n) is 14.4. The molecule has 0 saturated carbocycles. The first-order valence-electron chi connectivity index (χ1n) is 19.0. The number of rotatable bonds is 13. The number of aromatic nitrogens is 1. The van der Waals surface area contributed by atoms with Crippen LogP contribution < -0.4 is 19.5 Å². The minimum atomic E-state index is -0.592. The monoisotopic (exact) mass is 742 g/mol. The molecule has 290 valence electrons. The van der Waals surface area contributed by atoms with Crippen molar-refractivity contribution in [2.24, 2.45) is 0 Å². The molecule has 3 aromatic rings. The van der Waals surface area contributed by atoms with E-state index < -0.39 is 5.54 Å². The van der Waals surface area contributed by atoms with Crippen LogP contribution in [0.3, 0.4) is 0 Å². The summed E-state index contributed by atoms with van der Waals surface area (Å²) in [7, 11) is 4.65. The topological polar surface area (TPSA) is 126 Å². The molecule has 6 rings (SSSR count). The zero-order valence-electron chi connectivity index (χ0n) is 32.1. The molecule has 0 spiro atoms. The first kappa shape index (κ1) is 38.8. The SMILES string of the molecule is CCOC(=O)CN1CCN(C(=O)NC2(c3ccccn3)CCN(CCC3(c4ccccc4)CCN(C(=O)c4cc(OC)c(OC)c(OC)c4)C3)CC2)CC1. The standard InChI is InChI=1S/C41H54N6O7/c1-5-54-36(48)29-45-23-25-46(26-24-45)39(50)43-41(35-13-9-10-18-42-35)16-20-44(21-17-41)19-14-40(32-11-7-6-8-12-32)15-22-47(30-40)38(49)31-27-33(51-2)37(53-4)34(28-31)52-3/h6-13,18,27-28H,5,14-17,19-26,29-30H2,1-4H3,(H,43,50). The number of carbonyl (C=O) groups excluding carboxylic acids is 3. The minimum absolute atomic E-state index is 0.0682. The van der Waals surface area contributed by atoms with Crippen LogP contribution in [0.15, 0.2) is 66.9 Å². The van der Waals surface area contributed by atoms with Crippen LogP contribution in [0.25, 0.3) is 0 Å². The van der Waals surface area contributed by atoms with Crippen LogP contribution in [-0.4, -0.2) is 136 Å². The number of nitrogens with zero attached hydrogens (tertiary/aromatic N) is 5. The highest BCUT2D eigenvalue weighted by molar-refractivity contribution is 5.96. The average Bonchev–Trinajstić information content (AvgIpc) is 3.66. The van der Waals surface area contributed by atoms with E-state index in [1.165, 1.54) is 5.56 Å². The number of methoxy groups -OCH3 is 3. The third-order valence-electron chi connectivity index (χ3n) is 11.4. The summed E-state index contributed by atoms with van der Waals surface area (Å²) in [4.78, 5) is 52.8. The average molecular weight is 743 g/mol. The van der Waals surface area contributed by atoms with E-state index >= 15 is 0 Å². The molecule has 54 heavy (non-hydrogen) atoms. The van der Waals surface area contributed by atoms with Crippen molar-refractivity contribution in [1.82, 2.24) is 29.9 Å². The molecule has 4 heterocycles. The minimum Gasteiger partial charge on any atom is -0.493 e. The van der Waals surface area contributed by atoms with Crippen molar-refractivity contribution in [2.75, 3.05) is 93.4 Å². The van der Waals surface area contributed by atoms with Gasteiger partial charge in [0.1, 0.15) is 0 Å². The Kier molecular flexibility index (Phi) is 12.6. The number of piperazine rings is 1. The Bertz CT molecular complexity index is 1700. The van der Waals surface area contributed by atoms with Gasteiger partial charge in [0, 0.05) is 69.5 Å². The molecule has 13 nitrogen and oxygen atoms in total. The molecule has 3 aliphatic rings. The van der Waals surface area contributed by atoms with E-state index in [0.717, 1.165) is 51.0 Å². The van der Waals surface area contributed by atoms with Gasteiger partial charge in [0.05, 0.1) is 45.7 Å². The van der Waals surface area contributed by atoms with E-state index in [1.54, 1.807) is 46.6 Å². The van der Waals surface area contributed by atoms with E-state index in [0.29, 0.717) is 68.7 Å². The summed E-state index contributed by atoms with van der Waals surface area (Å²) in [5, 5.41) is 3.42. The molecule has 2 aromatic carbocycles. The Morgan fingerprint density at radius 1 is 0.778 bits per heavy atom. The lowest BCUT2D eigenvalue weighted by Crippen LogP contribution is -2.59. The second-order valence-corrected chi connectivity index (χ2v) is 14.4. The number of amides is 3. The fraction of sp³-hybridized carbons (Fsp3) is 0.512. The maximum Gasteiger partial charge on any atom is 0.320 e. The molecule has 3 amide bonds. The fourth-order valence-electron chi connectivity index (χ4n) is 8.21. The molecule has 3 fully saturated rings. The molecule has 1 N–H and O–H groups in total. The van der Waals surface area contributed by atoms with Gasteiger partial charge in [-0.1, -0.05) is 36.4 Å². The summed E-state index contributed by atoms with van der Waals surface area (Å²) in [5.41, 5.74) is 1.80. The number of ether oxygens (including phenoxy) is 4. The van der Waals surface area contributed by atoms with Crippen molar-refractivity contribution in [1.29, 1.82) is 0 Å². The Morgan fingerprint density at radius 2 is 1.46 bits per heavy atom. The molecule has 0 bridgehead atoms. The van der Waals surface area contributed by atoms with E-state index in [9.17, 15) is 14.4 Å². The number of urea groups is 1. The molecule has 0 radical (unpaired) electrons. The summed E-state index contributed by atoms with van der Waals surface area (Å²) in [6.45, 7) is 8.39. The number of hydrogen-bond acceptors (Lipinski definition) is 10. The number of hydrogen-bond donors (Lipinski definition) is 1. The normalized spacial score (nSPS) is 20.3. The largest absolute Gasteiger partial charge is 0.493 e. The van der Waals surface area contributed by atoms with Gasteiger partial charge in [-0.3, -0.25) is 19.5 Å². The molecular weight excluding hydrogens is 688 g/mol. The lowest BCUT2D eigenvalue weighted by atomic mass is 9.76. The summed E-state index contributed by atoms with van der Waals surface area (Å²) in [6.07, 6.45) is 4.97. The molecule has 1 unspecified atom stereocenters. The van der Waals surface area contributed by atoms with Crippen molar-refractivity contribution >= 4 is 17.9 Å².